The standard InChI is InChI=1S/C14H10N4O2/c19-18(20)11-4-1-3-10(7-11)12-8-15-9-17-14(12)13-5-2-6-16-13/h1-9,16H. The van der Waals surface area contributed by atoms with E-state index in [1.165, 1.54) is 18.5 Å². The molecule has 20 heavy (non-hydrogen) atoms. The molecule has 0 fully saturated rings. The number of nitro groups is 1. The second-order valence-corrected chi connectivity index (χ2v) is 4.18. The molecule has 0 aliphatic carbocycles. The molecule has 6 heteroatoms. The summed E-state index contributed by atoms with van der Waals surface area (Å²) in [6, 6.07) is 10.2. The molecule has 0 atom stereocenters. The normalized spacial score (nSPS) is 10.4. The zero-order chi connectivity index (χ0) is 13.9. The number of non-ortho nitro benzene ring substituents is 1. The molecule has 0 amide bonds. The highest BCUT2D eigenvalue weighted by Gasteiger charge is 2.12. The Morgan fingerprint density at radius 3 is 2.85 bits per heavy atom. The van der Waals surface area contributed by atoms with Gasteiger partial charge < -0.3 is 4.98 Å². The van der Waals surface area contributed by atoms with Crippen LogP contribution in [0.3, 0.4) is 0 Å². The third-order valence-corrected chi connectivity index (χ3v) is 2.93. The molecule has 6 nitrogen and oxygen atoms in total. The Labute approximate surface area is 114 Å². The van der Waals surface area contributed by atoms with Crippen molar-refractivity contribution in [1.82, 2.24) is 15.0 Å². The van der Waals surface area contributed by atoms with Crippen molar-refractivity contribution >= 4 is 5.69 Å². The zero-order valence-corrected chi connectivity index (χ0v) is 10.4. The molecule has 98 valence electrons. The maximum Gasteiger partial charge on any atom is 0.270 e. The molecule has 2 aromatic heterocycles. The summed E-state index contributed by atoms with van der Waals surface area (Å²) in [5.74, 6) is 0. The SMILES string of the molecule is O=[N+]([O-])c1cccc(-c2cncnc2-c2ccc[nH]2)c1. The largest absolute Gasteiger partial charge is 0.360 e. The second kappa shape index (κ2) is 4.93. The molecule has 0 radical (unpaired) electrons. The average molecular weight is 266 g/mol. The molecule has 0 saturated carbocycles. The van der Waals surface area contributed by atoms with Gasteiger partial charge in [-0.2, -0.15) is 0 Å². The number of hydrogen-bond acceptors (Lipinski definition) is 4. The Morgan fingerprint density at radius 2 is 2.10 bits per heavy atom. The van der Waals surface area contributed by atoms with Gasteiger partial charge in [-0.15, -0.1) is 0 Å². The van der Waals surface area contributed by atoms with Crippen LogP contribution in [0.5, 0.6) is 0 Å². The van der Waals surface area contributed by atoms with Crippen LogP contribution in [-0.4, -0.2) is 19.9 Å². The first-order chi connectivity index (χ1) is 9.75. The van der Waals surface area contributed by atoms with Gasteiger partial charge in [0.05, 0.1) is 16.3 Å². The number of aromatic nitrogens is 3. The van der Waals surface area contributed by atoms with E-state index in [0.717, 1.165) is 11.3 Å². The van der Waals surface area contributed by atoms with E-state index in [1.54, 1.807) is 24.5 Å². The van der Waals surface area contributed by atoms with Gasteiger partial charge >= 0.3 is 0 Å². The number of aromatic amines is 1. The summed E-state index contributed by atoms with van der Waals surface area (Å²) in [4.78, 5) is 21.8. The third kappa shape index (κ3) is 2.14. The minimum Gasteiger partial charge on any atom is -0.360 e. The van der Waals surface area contributed by atoms with E-state index < -0.39 is 4.92 Å². The number of nitrogens with one attached hydrogen (secondary N) is 1. The Bertz CT molecular complexity index is 753. The predicted octanol–water partition coefficient (Wildman–Crippen LogP) is 3.05. The Morgan fingerprint density at radius 1 is 1.20 bits per heavy atom. The topological polar surface area (TPSA) is 84.7 Å². The average Bonchev–Trinajstić information content (AvgIpc) is 3.01. The third-order valence-electron chi connectivity index (χ3n) is 2.93. The van der Waals surface area contributed by atoms with Crippen molar-refractivity contribution < 1.29 is 4.92 Å². The first-order valence-corrected chi connectivity index (χ1v) is 5.94. The first kappa shape index (κ1) is 12.0. The maximum atomic E-state index is 10.9. The minimum atomic E-state index is -0.415. The van der Waals surface area contributed by atoms with E-state index in [2.05, 4.69) is 15.0 Å². The lowest BCUT2D eigenvalue weighted by molar-refractivity contribution is -0.384. The van der Waals surface area contributed by atoms with Crippen molar-refractivity contribution in [2.24, 2.45) is 0 Å². The molecule has 1 N–H and O–H groups in total. The lowest BCUT2D eigenvalue weighted by atomic mass is 10.0. The summed E-state index contributed by atoms with van der Waals surface area (Å²) in [5.41, 5.74) is 3.06. The monoisotopic (exact) mass is 266 g/mol. The molecule has 0 aliphatic heterocycles. The number of rotatable bonds is 3. The van der Waals surface area contributed by atoms with E-state index >= 15 is 0 Å². The van der Waals surface area contributed by atoms with E-state index in [4.69, 9.17) is 0 Å². The molecule has 0 aliphatic rings. The molecule has 3 aromatic rings. The highest BCUT2D eigenvalue weighted by atomic mass is 16.6. The second-order valence-electron chi connectivity index (χ2n) is 4.18. The van der Waals surface area contributed by atoms with Gasteiger partial charge in [0.2, 0.25) is 0 Å². The van der Waals surface area contributed by atoms with Gasteiger partial charge in [0.1, 0.15) is 6.33 Å². The van der Waals surface area contributed by atoms with Crippen molar-refractivity contribution in [1.29, 1.82) is 0 Å². The summed E-state index contributed by atoms with van der Waals surface area (Å²) < 4.78 is 0. The summed E-state index contributed by atoms with van der Waals surface area (Å²) >= 11 is 0. The number of H-pyrrole nitrogens is 1. The Kier molecular flexibility index (Phi) is 2.96. The summed E-state index contributed by atoms with van der Waals surface area (Å²) in [6.45, 7) is 0. The van der Waals surface area contributed by atoms with Crippen LogP contribution < -0.4 is 0 Å². The molecule has 0 unspecified atom stereocenters. The summed E-state index contributed by atoms with van der Waals surface area (Å²) in [5, 5.41) is 10.9. The maximum absolute atomic E-state index is 10.9. The summed E-state index contributed by atoms with van der Waals surface area (Å²) in [7, 11) is 0. The van der Waals surface area contributed by atoms with Crippen molar-refractivity contribution in [2.45, 2.75) is 0 Å². The number of benzene rings is 1. The fourth-order valence-electron chi connectivity index (χ4n) is 2.02. The van der Waals surface area contributed by atoms with Gasteiger partial charge in [-0.25, -0.2) is 9.97 Å². The van der Waals surface area contributed by atoms with Crippen LogP contribution in [0.1, 0.15) is 0 Å². The number of hydrogen-bond donors (Lipinski definition) is 1. The van der Waals surface area contributed by atoms with Gasteiger partial charge in [-0.1, -0.05) is 12.1 Å². The van der Waals surface area contributed by atoms with Crippen LogP contribution in [-0.2, 0) is 0 Å². The highest BCUT2D eigenvalue weighted by Crippen LogP contribution is 2.30. The van der Waals surface area contributed by atoms with Crippen LogP contribution in [0.15, 0.2) is 55.1 Å². The molecule has 0 spiro atoms. The van der Waals surface area contributed by atoms with Crippen molar-refractivity contribution in [3.05, 3.63) is 65.2 Å². The van der Waals surface area contributed by atoms with Crippen LogP contribution >= 0.6 is 0 Å². The number of nitro benzene ring substituents is 1. The first-order valence-electron chi connectivity index (χ1n) is 5.94. The Balaban J connectivity index is 2.16. The van der Waals surface area contributed by atoms with Crippen molar-refractivity contribution in [3.8, 4) is 22.5 Å². The quantitative estimate of drug-likeness (QED) is 0.583. The van der Waals surface area contributed by atoms with Crippen molar-refractivity contribution in [3.63, 3.8) is 0 Å². The lowest BCUT2D eigenvalue weighted by Gasteiger charge is -2.06. The Hall–Kier alpha value is -3.02. The molecule has 0 saturated heterocycles. The van der Waals surface area contributed by atoms with Crippen LogP contribution in [0, 0.1) is 10.1 Å². The number of nitrogens with zero attached hydrogens (tertiary/aromatic N) is 3. The van der Waals surface area contributed by atoms with E-state index in [0.29, 0.717) is 11.3 Å². The van der Waals surface area contributed by atoms with E-state index in [-0.39, 0.29) is 5.69 Å². The fourth-order valence-corrected chi connectivity index (χ4v) is 2.02. The van der Waals surface area contributed by atoms with Gasteiger partial charge in [-0.05, 0) is 17.7 Å². The molecule has 3 rings (SSSR count). The molecule has 2 heterocycles. The molecular formula is C14H10N4O2. The zero-order valence-electron chi connectivity index (χ0n) is 10.4. The fraction of sp³-hybridized carbons (Fsp3) is 0. The minimum absolute atomic E-state index is 0.0452. The van der Waals surface area contributed by atoms with Crippen LogP contribution in [0.25, 0.3) is 22.5 Å². The van der Waals surface area contributed by atoms with Crippen LogP contribution in [0.4, 0.5) is 5.69 Å². The van der Waals surface area contributed by atoms with Gasteiger partial charge in [0.15, 0.2) is 0 Å². The van der Waals surface area contributed by atoms with Gasteiger partial charge in [0, 0.05) is 30.1 Å². The van der Waals surface area contributed by atoms with E-state index in [9.17, 15) is 10.1 Å². The smallest absolute Gasteiger partial charge is 0.270 e. The molecular weight excluding hydrogens is 256 g/mol. The predicted molar refractivity (Wildman–Crippen MR) is 73.9 cm³/mol. The van der Waals surface area contributed by atoms with E-state index in [1.807, 2.05) is 12.1 Å². The van der Waals surface area contributed by atoms with Crippen LogP contribution in [0.2, 0.25) is 0 Å². The molecule has 1 aromatic carbocycles. The lowest BCUT2D eigenvalue weighted by Crippen LogP contribution is -1.92. The molecule has 0 bridgehead atoms. The van der Waals surface area contributed by atoms with Gasteiger partial charge in [0.25, 0.3) is 5.69 Å². The highest BCUT2D eigenvalue weighted by molar-refractivity contribution is 5.79. The van der Waals surface area contributed by atoms with Crippen molar-refractivity contribution in [2.75, 3.05) is 0 Å². The van der Waals surface area contributed by atoms with Gasteiger partial charge in [-0.3, -0.25) is 10.1 Å². The summed E-state index contributed by atoms with van der Waals surface area (Å²) in [6.07, 6.45) is 4.91.